The maximum Gasteiger partial charge on any atom is 0.451 e. The van der Waals surface area contributed by atoms with Crippen molar-refractivity contribution in [2.45, 2.75) is 12.6 Å². The van der Waals surface area contributed by atoms with Gasteiger partial charge >= 0.3 is 6.18 Å². The fourth-order valence-corrected chi connectivity index (χ4v) is 3.18. The molecule has 0 saturated heterocycles. The third-order valence-corrected chi connectivity index (χ3v) is 4.43. The number of nitrogens with one attached hydrogen (secondary N) is 2. The minimum Gasteiger partial charge on any atom is -0.369 e. The van der Waals surface area contributed by atoms with Gasteiger partial charge in [0, 0.05) is 17.6 Å². The number of hydrogen-bond acceptors (Lipinski definition) is 5. The molecule has 0 unspecified atom stereocenters. The van der Waals surface area contributed by atoms with Crippen molar-refractivity contribution in [1.82, 2.24) is 9.97 Å². The van der Waals surface area contributed by atoms with Crippen LogP contribution < -0.4 is 10.0 Å². The maximum atomic E-state index is 13.0. The molecule has 3 aromatic rings. The predicted molar refractivity (Wildman–Crippen MR) is 102 cm³/mol. The predicted octanol–water partition coefficient (Wildman–Crippen LogP) is 3.67. The van der Waals surface area contributed by atoms with E-state index in [9.17, 15) is 21.6 Å². The quantitative estimate of drug-likeness (QED) is 0.648. The molecular weight excluding hydrogens is 393 g/mol. The second-order valence-electron chi connectivity index (χ2n) is 6.16. The van der Waals surface area contributed by atoms with Crippen molar-refractivity contribution in [1.29, 1.82) is 0 Å². The Bertz CT molecular complexity index is 1080. The van der Waals surface area contributed by atoms with Gasteiger partial charge in [-0.15, -0.1) is 0 Å². The standard InChI is InChI=1S/C18H17F3N4O2S/c1-28(26,27)25-13-8-6-12(7-9-13)10-11-22-16-14-4-2-3-5-15(14)23-17(24-16)18(19,20)21/h2-9,25H,10-11H2,1H3,(H,22,23,24). The summed E-state index contributed by atoms with van der Waals surface area (Å²) in [6.45, 7) is 0.344. The van der Waals surface area contributed by atoms with Gasteiger partial charge < -0.3 is 5.32 Å². The fraction of sp³-hybridized carbons (Fsp3) is 0.222. The Balaban J connectivity index is 1.73. The Labute approximate surface area is 159 Å². The van der Waals surface area contributed by atoms with Crippen LogP contribution in [0.2, 0.25) is 0 Å². The Morgan fingerprint density at radius 1 is 1.00 bits per heavy atom. The lowest BCUT2D eigenvalue weighted by atomic mass is 10.1. The molecule has 0 fully saturated rings. The first-order chi connectivity index (χ1) is 13.1. The number of benzene rings is 2. The van der Waals surface area contributed by atoms with E-state index in [-0.39, 0.29) is 11.3 Å². The summed E-state index contributed by atoms with van der Waals surface area (Å²) in [6, 6.07) is 13.2. The molecule has 6 nitrogen and oxygen atoms in total. The highest BCUT2D eigenvalue weighted by Crippen LogP contribution is 2.30. The monoisotopic (exact) mass is 410 g/mol. The van der Waals surface area contributed by atoms with Crippen LogP contribution in [0.25, 0.3) is 10.9 Å². The summed E-state index contributed by atoms with van der Waals surface area (Å²) < 4.78 is 63.9. The molecule has 0 spiro atoms. The summed E-state index contributed by atoms with van der Waals surface area (Å²) in [5.74, 6) is -1.07. The van der Waals surface area contributed by atoms with Gasteiger partial charge in [0.15, 0.2) is 0 Å². The number of alkyl halides is 3. The van der Waals surface area contributed by atoms with Crippen LogP contribution in [-0.2, 0) is 22.6 Å². The molecule has 1 heterocycles. The number of rotatable bonds is 6. The maximum absolute atomic E-state index is 13.0. The summed E-state index contributed by atoms with van der Waals surface area (Å²) in [4.78, 5) is 7.21. The van der Waals surface area contributed by atoms with Crippen molar-refractivity contribution < 1.29 is 21.6 Å². The van der Waals surface area contributed by atoms with Crippen molar-refractivity contribution in [3.63, 3.8) is 0 Å². The highest BCUT2D eigenvalue weighted by molar-refractivity contribution is 7.92. The average molecular weight is 410 g/mol. The average Bonchev–Trinajstić information content (AvgIpc) is 2.61. The van der Waals surface area contributed by atoms with Gasteiger partial charge in [-0.2, -0.15) is 13.2 Å². The van der Waals surface area contributed by atoms with Gasteiger partial charge in [-0.1, -0.05) is 24.3 Å². The second kappa shape index (κ2) is 7.63. The second-order valence-corrected chi connectivity index (χ2v) is 7.91. The van der Waals surface area contributed by atoms with Crippen molar-refractivity contribution in [2.24, 2.45) is 0 Å². The summed E-state index contributed by atoms with van der Waals surface area (Å²) in [5, 5.41) is 3.44. The third-order valence-electron chi connectivity index (χ3n) is 3.82. The van der Waals surface area contributed by atoms with E-state index in [4.69, 9.17) is 0 Å². The lowest BCUT2D eigenvalue weighted by molar-refractivity contribution is -0.144. The number of aromatic nitrogens is 2. The number of fused-ring (bicyclic) bond motifs is 1. The van der Waals surface area contributed by atoms with E-state index in [1.807, 2.05) is 0 Å². The zero-order chi connectivity index (χ0) is 20.4. The molecule has 0 aliphatic carbocycles. The summed E-state index contributed by atoms with van der Waals surface area (Å²) >= 11 is 0. The zero-order valence-corrected chi connectivity index (χ0v) is 15.6. The Kier molecular flexibility index (Phi) is 5.41. The number of sulfonamides is 1. The van der Waals surface area contributed by atoms with Crippen LogP contribution in [0.5, 0.6) is 0 Å². The molecule has 0 amide bonds. The van der Waals surface area contributed by atoms with Gasteiger partial charge in [-0.3, -0.25) is 4.72 Å². The van der Waals surface area contributed by atoms with E-state index in [0.717, 1.165) is 11.8 Å². The van der Waals surface area contributed by atoms with E-state index < -0.39 is 22.0 Å². The molecule has 3 rings (SSSR count). The Hall–Kier alpha value is -2.88. The van der Waals surface area contributed by atoms with E-state index >= 15 is 0 Å². The molecule has 0 saturated carbocycles. The summed E-state index contributed by atoms with van der Waals surface area (Å²) in [6.07, 6.45) is -3.06. The molecule has 1 aromatic heterocycles. The van der Waals surface area contributed by atoms with Crippen LogP contribution in [0.15, 0.2) is 48.5 Å². The number of halogens is 3. The normalized spacial score (nSPS) is 12.1. The molecule has 28 heavy (non-hydrogen) atoms. The van der Waals surface area contributed by atoms with Gasteiger partial charge in [0.25, 0.3) is 0 Å². The van der Waals surface area contributed by atoms with E-state index in [1.54, 1.807) is 42.5 Å². The van der Waals surface area contributed by atoms with Crippen molar-refractivity contribution in [2.75, 3.05) is 22.8 Å². The third kappa shape index (κ3) is 5.10. The molecule has 0 aliphatic heterocycles. The SMILES string of the molecule is CS(=O)(=O)Nc1ccc(CCNc2nc(C(F)(F)F)nc3ccccc23)cc1. The van der Waals surface area contributed by atoms with Gasteiger partial charge in [0.2, 0.25) is 15.8 Å². The van der Waals surface area contributed by atoms with Crippen LogP contribution in [0.3, 0.4) is 0 Å². The fourth-order valence-electron chi connectivity index (χ4n) is 2.62. The number of hydrogen-bond donors (Lipinski definition) is 2. The molecule has 10 heteroatoms. The van der Waals surface area contributed by atoms with E-state index in [2.05, 4.69) is 20.0 Å². The lowest BCUT2D eigenvalue weighted by Crippen LogP contribution is -2.14. The van der Waals surface area contributed by atoms with Gasteiger partial charge in [-0.25, -0.2) is 18.4 Å². The molecular formula is C18H17F3N4O2S. The number of anilines is 2. The van der Waals surface area contributed by atoms with Gasteiger partial charge in [-0.05, 0) is 36.2 Å². The molecule has 0 aliphatic rings. The van der Waals surface area contributed by atoms with Crippen LogP contribution in [0.1, 0.15) is 11.4 Å². The largest absolute Gasteiger partial charge is 0.451 e. The van der Waals surface area contributed by atoms with E-state index in [1.165, 1.54) is 6.07 Å². The summed E-state index contributed by atoms with van der Waals surface area (Å²) in [5.41, 5.74) is 1.54. The van der Waals surface area contributed by atoms with Gasteiger partial charge in [0.05, 0.1) is 11.8 Å². The Morgan fingerprint density at radius 2 is 1.68 bits per heavy atom. The van der Waals surface area contributed by atoms with Crippen molar-refractivity contribution >= 4 is 32.4 Å². The highest BCUT2D eigenvalue weighted by Gasteiger charge is 2.35. The van der Waals surface area contributed by atoms with Crippen LogP contribution in [0, 0.1) is 0 Å². The Morgan fingerprint density at radius 3 is 2.32 bits per heavy atom. The smallest absolute Gasteiger partial charge is 0.369 e. The molecule has 0 radical (unpaired) electrons. The van der Waals surface area contributed by atoms with Gasteiger partial charge in [0.1, 0.15) is 5.82 Å². The minimum atomic E-state index is -4.64. The topological polar surface area (TPSA) is 84.0 Å². The first-order valence-electron chi connectivity index (χ1n) is 8.26. The number of nitrogens with zero attached hydrogens (tertiary/aromatic N) is 2. The molecule has 0 bridgehead atoms. The number of para-hydroxylation sites is 1. The van der Waals surface area contributed by atoms with E-state index in [0.29, 0.717) is 24.0 Å². The molecule has 148 valence electrons. The van der Waals surface area contributed by atoms with Crippen molar-refractivity contribution in [3.05, 3.63) is 59.9 Å². The van der Waals surface area contributed by atoms with Crippen LogP contribution in [-0.4, -0.2) is 31.2 Å². The van der Waals surface area contributed by atoms with Crippen LogP contribution >= 0.6 is 0 Å². The molecule has 2 N–H and O–H groups in total. The highest BCUT2D eigenvalue weighted by atomic mass is 32.2. The van der Waals surface area contributed by atoms with Crippen LogP contribution in [0.4, 0.5) is 24.7 Å². The molecule has 0 atom stereocenters. The zero-order valence-electron chi connectivity index (χ0n) is 14.8. The lowest BCUT2D eigenvalue weighted by Gasteiger charge is -2.12. The first kappa shape index (κ1) is 19.9. The van der Waals surface area contributed by atoms with Crippen molar-refractivity contribution in [3.8, 4) is 0 Å². The minimum absolute atomic E-state index is 0.119. The first-order valence-corrected chi connectivity index (χ1v) is 10.2. The molecule has 2 aromatic carbocycles. The summed E-state index contributed by atoms with van der Waals surface area (Å²) in [7, 11) is -3.35.